The van der Waals surface area contributed by atoms with Crippen LogP contribution in [0.3, 0.4) is 0 Å². The molecule has 1 amide bonds. The van der Waals surface area contributed by atoms with Crippen LogP contribution in [0.25, 0.3) is 0 Å². The normalized spacial score (nSPS) is 13.0. The number of hydrogen-bond donors (Lipinski definition) is 2. The maximum Gasteiger partial charge on any atom is 0.254 e. The van der Waals surface area contributed by atoms with E-state index in [0.29, 0.717) is 18.7 Å². The summed E-state index contributed by atoms with van der Waals surface area (Å²) in [5, 5.41) is 7.21. The van der Waals surface area contributed by atoms with Crippen molar-refractivity contribution in [2.75, 3.05) is 20.3 Å². The lowest BCUT2D eigenvalue weighted by Crippen LogP contribution is -2.31. The van der Waals surface area contributed by atoms with Gasteiger partial charge in [-0.25, -0.2) is 22.3 Å². The van der Waals surface area contributed by atoms with Crippen LogP contribution < -0.4 is 10.5 Å². The molecule has 0 radical (unpaired) electrons. The number of halogens is 2. The van der Waals surface area contributed by atoms with Gasteiger partial charge < -0.3 is 10.1 Å². The van der Waals surface area contributed by atoms with Crippen molar-refractivity contribution in [3.63, 3.8) is 0 Å². The summed E-state index contributed by atoms with van der Waals surface area (Å²) >= 11 is 0. The molecule has 0 aromatic heterocycles. The average molecular weight is 322 g/mol. The first kappa shape index (κ1) is 17.5. The number of sulfonamides is 1. The van der Waals surface area contributed by atoms with Crippen molar-refractivity contribution in [2.24, 2.45) is 11.1 Å². The van der Waals surface area contributed by atoms with Gasteiger partial charge in [-0.1, -0.05) is 6.92 Å². The van der Waals surface area contributed by atoms with Gasteiger partial charge >= 0.3 is 0 Å². The van der Waals surface area contributed by atoms with E-state index in [9.17, 15) is 22.0 Å². The smallest absolute Gasteiger partial charge is 0.254 e. The first-order chi connectivity index (χ1) is 9.66. The Bertz CT molecular complexity index is 634. The number of ether oxygens (including phenoxy) is 1. The van der Waals surface area contributed by atoms with E-state index in [-0.39, 0.29) is 12.5 Å². The number of nitrogens with two attached hydrogens (primary N) is 1. The molecule has 0 bridgehead atoms. The highest BCUT2D eigenvalue weighted by Gasteiger charge is 2.21. The largest absolute Gasteiger partial charge is 0.384 e. The fraction of sp³-hybridized carbons (Fsp3) is 0.417. The first-order valence-electron chi connectivity index (χ1n) is 5.95. The summed E-state index contributed by atoms with van der Waals surface area (Å²) in [5.41, 5.74) is -0.719. The average Bonchev–Trinajstić information content (AvgIpc) is 2.38. The second-order valence-corrected chi connectivity index (χ2v) is 6.14. The van der Waals surface area contributed by atoms with E-state index in [0.717, 1.165) is 0 Å². The van der Waals surface area contributed by atoms with E-state index in [1.807, 2.05) is 0 Å². The molecule has 1 unspecified atom stereocenters. The lowest BCUT2D eigenvalue weighted by Gasteiger charge is -2.12. The maximum atomic E-state index is 13.6. The predicted octanol–water partition coefficient (Wildman–Crippen LogP) is 0.625. The molecule has 0 aliphatic rings. The summed E-state index contributed by atoms with van der Waals surface area (Å²) in [4.78, 5) is 11.1. The highest BCUT2D eigenvalue weighted by Crippen LogP contribution is 2.18. The molecule has 1 aromatic carbocycles. The van der Waals surface area contributed by atoms with Crippen molar-refractivity contribution in [3.05, 3.63) is 29.3 Å². The minimum absolute atomic E-state index is 0.0479. The molecule has 0 saturated heterocycles. The molecule has 0 saturated carbocycles. The van der Waals surface area contributed by atoms with Gasteiger partial charge in [0.1, 0.15) is 0 Å². The van der Waals surface area contributed by atoms with Gasteiger partial charge in [-0.3, -0.25) is 4.79 Å². The van der Waals surface area contributed by atoms with Crippen molar-refractivity contribution in [3.8, 4) is 0 Å². The maximum absolute atomic E-state index is 13.6. The van der Waals surface area contributed by atoms with Crippen LogP contribution in [0.5, 0.6) is 0 Å². The van der Waals surface area contributed by atoms with Crippen molar-refractivity contribution in [2.45, 2.75) is 11.8 Å². The van der Waals surface area contributed by atoms with Gasteiger partial charge in [-0.05, 0) is 18.1 Å². The first-order valence-corrected chi connectivity index (χ1v) is 7.50. The Morgan fingerprint density at radius 1 is 1.43 bits per heavy atom. The number of hydrogen-bond acceptors (Lipinski definition) is 4. The zero-order valence-corrected chi connectivity index (χ0v) is 12.3. The van der Waals surface area contributed by atoms with Crippen LogP contribution in [-0.4, -0.2) is 34.6 Å². The van der Waals surface area contributed by atoms with E-state index in [1.165, 1.54) is 7.11 Å². The fourth-order valence-electron chi connectivity index (χ4n) is 1.60. The third-order valence-electron chi connectivity index (χ3n) is 2.64. The monoisotopic (exact) mass is 322 g/mol. The molecule has 3 N–H and O–H groups in total. The molecule has 1 aromatic rings. The molecule has 0 heterocycles. The summed E-state index contributed by atoms with van der Waals surface area (Å²) in [6.07, 6.45) is 0. The molecule has 118 valence electrons. The van der Waals surface area contributed by atoms with Crippen LogP contribution in [0.4, 0.5) is 8.78 Å². The van der Waals surface area contributed by atoms with Gasteiger partial charge in [0.2, 0.25) is 10.0 Å². The standard InChI is InChI=1S/C12H16F2N2O4S/c1-7(6-20-2)5-16-12(17)9-3-8(21(15,18)19)4-10(13)11(9)14/h3-4,7H,5-6H2,1-2H3,(H,16,17)(H2,15,18,19). The Kier molecular flexibility index (Phi) is 5.76. The zero-order valence-electron chi connectivity index (χ0n) is 11.5. The second kappa shape index (κ2) is 6.92. The zero-order chi connectivity index (χ0) is 16.2. The second-order valence-electron chi connectivity index (χ2n) is 4.58. The fourth-order valence-corrected chi connectivity index (χ4v) is 2.15. The van der Waals surface area contributed by atoms with Gasteiger partial charge in [0.25, 0.3) is 5.91 Å². The van der Waals surface area contributed by atoms with Crippen LogP contribution in [0.2, 0.25) is 0 Å². The van der Waals surface area contributed by atoms with Crippen molar-refractivity contribution >= 4 is 15.9 Å². The van der Waals surface area contributed by atoms with Crippen LogP contribution in [0, 0.1) is 17.6 Å². The highest BCUT2D eigenvalue weighted by atomic mass is 32.2. The third-order valence-corrected chi connectivity index (χ3v) is 3.53. The molecule has 0 fully saturated rings. The number of carbonyl (C=O) groups excluding carboxylic acids is 1. The van der Waals surface area contributed by atoms with Crippen LogP contribution in [0.15, 0.2) is 17.0 Å². The van der Waals surface area contributed by atoms with Crippen LogP contribution in [0.1, 0.15) is 17.3 Å². The van der Waals surface area contributed by atoms with Gasteiger partial charge in [0.15, 0.2) is 11.6 Å². The summed E-state index contributed by atoms with van der Waals surface area (Å²) in [6.45, 7) is 2.31. The SMILES string of the molecule is COCC(C)CNC(=O)c1cc(S(N)(=O)=O)cc(F)c1F. The number of amides is 1. The van der Waals surface area contributed by atoms with E-state index < -0.39 is 38.0 Å². The summed E-state index contributed by atoms with van der Waals surface area (Å²) in [5.74, 6) is -3.87. The molecule has 1 rings (SSSR count). The molecule has 21 heavy (non-hydrogen) atoms. The summed E-state index contributed by atoms with van der Waals surface area (Å²) < 4.78 is 54.1. The molecule has 0 aliphatic heterocycles. The van der Waals surface area contributed by atoms with Crippen molar-refractivity contribution in [1.29, 1.82) is 0 Å². The molecule has 1 atom stereocenters. The Morgan fingerprint density at radius 2 is 2.05 bits per heavy atom. The van der Waals surface area contributed by atoms with Gasteiger partial charge in [-0.2, -0.15) is 0 Å². The number of primary sulfonamides is 1. The highest BCUT2D eigenvalue weighted by molar-refractivity contribution is 7.89. The Balaban J connectivity index is 3.01. The predicted molar refractivity (Wildman–Crippen MR) is 71.1 cm³/mol. The molecule has 6 nitrogen and oxygen atoms in total. The van der Waals surface area contributed by atoms with E-state index in [2.05, 4.69) is 5.32 Å². The number of carbonyl (C=O) groups is 1. The molecular formula is C12H16F2N2O4S. The van der Waals surface area contributed by atoms with Gasteiger partial charge in [-0.15, -0.1) is 0 Å². The van der Waals surface area contributed by atoms with Crippen molar-refractivity contribution in [1.82, 2.24) is 5.32 Å². The molecule has 0 aliphatic carbocycles. The number of methoxy groups -OCH3 is 1. The van der Waals surface area contributed by atoms with E-state index in [4.69, 9.17) is 9.88 Å². The van der Waals surface area contributed by atoms with Gasteiger partial charge in [0, 0.05) is 13.7 Å². The van der Waals surface area contributed by atoms with Gasteiger partial charge in [0.05, 0.1) is 17.1 Å². The topological polar surface area (TPSA) is 98.5 Å². The minimum Gasteiger partial charge on any atom is -0.384 e. The number of benzene rings is 1. The minimum atomic E-state index is -4.24. The Morgan fingerprint density at radius 3 is 2.57 bits per heavy atom. The Labute approximate surface area is 121 Å². The summed E-state index contributed by atoms with van der Waals surface area (Å²) in [6, 6.07) is 1.12. The number of rotatable bonds is 6. The molecular weight excluding hydrogens is 306 g/mol. The number of nitrogens with one attached hydrogen (secondary N) is 1. The molecule has 0 spiro atoms. The van der Waals surface area contributed by atoms with Crippen molar-refractivity contribution < 1.29 is 26.7 Å². The summed E-state index contributed by atoms with van der Waals surface area (Å²) in [7, 11) is -2.76. The quantitative estimate of drug-likeness (QED) is 0.802. The lowest BCUT2D eigenvalue weighted by atomic mass is 10.1. The Hall–Kier alpha value is -1.58. The lowest BCUT2D eigenvalue weighted by molar-refractivity contribution is 0.0928. The van der Waals surface area contributed by atoms with Crippen LogP contribution >= 0.6 is 0 Å². The van der Waals surface area contributed by atoms with Crippen LogP contribution in [-0.2, 0) is 14.8 Å². The van der Waals surface area contributed by atoms with E-state index in [1.54, 1.807) is 6.92 Å². The third kappa shape index (κ3) is 4.73. The van der Waals surface area contributed by atoms with E-state index >= 15 is 0 Å². The molecule has 9 heteroatoms.